The van der Waals surface area contributed by atoms with Gasteiger partial charge in [0.25, 0.3) is 5.91 Å². The van der Waals surface area contributed by atoms with E-state index in [1.807, 2.05) is 32.0 Å². The summed E-state index contributed by atoms with van der Waals surface area (Å²) >= 11 is 6.12. The number of aryl methyl sites for hydroxylation is 2. The van der Waals surface area contributed by atoms with Crippen LogP contribution in [-0.2, 0) is 4.74 Å². The smallest absolute Gasteiger partial charge is 0.256 e. The molecule has 1 aliphatic heterocycles. The molecule has 1 N–H and O–H groups in total. The highest BCUT2D eigenvalue weighted by Crippen LogP contribution is 2.21. The molecular weight excluding hydrogens is 388 g/mol. The number of carbonyl (C=O) groups excluding carboxylic acids is 1. The predicted molar refractivity (Wildman–Crippen MR) is 114 cm³/mol. The van der Waals surface area contributed by atoms with Crippen molar-refractivity contribution in [2.45, 2.75) is 32.8 Å². The third-order valence-electron chi connectivity index (χ3n) is 5.19. The summed E-state index contributed by atoms with van der Waals surface area (Å²) in [6, 6.07) is 13.0. The number of hydrogen-bond acceptors (Lipinski definition) is 4. The largest absolute Gasteiger partial charge is 0.438 e. The second-order valence-corrected chi connectivity index (χ2v) is 7.81. The number of ether oxygens (including phenoxy) is 1. The highest BCUT2D eigenvalue weighted by molar-refractivity contribution is 6.31. The molecule has 2 aromatic carbocycles. The van der Waals surface area contributed by atoms with Gasteiger partial charge in [0.05, 0.1) is 11.8 Å². The van der Waals surface area contributed by atoms with E-state index in [4.69, 9.17) is 20.8 Å². The quantitative estimate of drug-likeness (QED) is 0.669. The van der Waals surface area contributed by atoms with E-state index in [1.165, 1.54) is 5.56 Å². The van der Waals surface area contributed by atoms with Crippen molar-refractivity contribution in [1.29, 1.82) is 0 Å². The van der Waals surface area contributed by atoms with Crippen LogP contribution >= 0.6 is 11.6 Å². The lowest BCUT2D eigenvalue weighted by molar-refractivity contribution is 0.0854. The molecule has 29 heavy (non-hydrogen) atoms. The molecule has 6 heteroatoms. The minimum Gasteiger partial charge on any atom is -0.438 e. The molecule has 0 spiro atoms. The van der Waals surface area contributed by atoms with Crippen LogP contribution in [0.1, 0.15) is 34.3 Å². The van der Waals surface area contributed by atoms with E-state index in [2.05, 4.69) is 10.3 Å². The van der Waals surface area contributed by atoms with Crippen LogP contribution in [0.3, 0.4) is 0 Å². The summed E-state index contributed by atoms with van der Waals surface area (Å²) in [4.78, 5) is 17.6. The number of nitrogens with zero attached hydrogens (tertiary/aromatic N) is 1. The first-order valence-corrected chi connectivity index (χ1v) is 10.1. The van der Waals surface area contributed by atoms with Crippen molar-refractivity contribution < 1.29 is 13.9 Å². The van der Waals surface area contributed by atoms with Crippen molar-refractivity contribution in [3.8, 4) is 0 Å². The van der Waals surface area contributed by atoms with Crippen LogP contribution in [0.2, 0.25) is 5.02 Å². The maximum absolute atomic E-state index is 12.9. The van der Waals surface area contributed by atoms with E-state index in [1.54, 1.807) is 24.3 Å². The first-order valence-electron chi connectivity index (χ1n) is 9.75. The molecule has 3 aromatic rings. The lowest BCUT2D eigenvalue weighted by Crippen LogP contribution is -2.34. The Morgan fingerprint density at radius 3 is 2.79 bits per heavy atom. The van der Waals surface area contributed by atoms with Crippen LogP contribution in [-0.4, -0.2) is 25.2 Å². The Bertz CT molecular complexity index is 1130. The van der Waals surface area contributed by atoms with Gasteiger partial charge in [0.2, 0.25) is 5.55 Å². The van der Waals surface area contributed by atoms with Crippen molar-refractivity contribution in [3.63, 3.8) is 0 Å². The second kappa shape index (κ2) is 8.39. The van der Waals surface area contributed by atoms with E-state index in [0.29, 0.717) is 22.7 Å². The number of hydrogen-bond donors (Lipinski definition) is 1. The average Bonchev–Trinajstić information content (AvgIpc) is 3.22. The summed E-state index contributed by atoms with van der Waals surface area (Å²) < 4.78 is 11.6. The van der Waals surface area contributed by atoms with E-state index in [9.17, 15) is 4.79 Å². The van der Waals surface area contributed by atoms with Gasteiger partial charge in [-0.1, -0.05) is 17.7 Å². The zero-order valence-electron chi connectivity index (χ0n) is 16.5. The summed E-state index contributed by atoms with van der Waals surface area (Å²) in [7, 11) is 0. The summed E-state index contributed by atoms with van der Waals surface area (Å²) in [5, 5.41) is 4.28. The van der Waals surface area contributed by atoms with Gasteiger partial charge in [-0.15, -0.1) is 0 Å². The molecule has 0 bridgehead atoms. The molecule has 1 saturated heterocycles. The lowest BCUT2D eigenvalue weighted by atomic mass is 10.1. The fourth-order valence-corrected chi connectivity index (χ4v) is 3.55. The zero-order chi connectivity index (χ0) is 20.4. The van der Waals surface area contributed by atoms with E-state index in [0.717, 1.165) is 36.1 Å². The summed E-state index contributed by atoms with van der Waals surface area (Å²) in [6.07, 6.45) is 2.04. The molecule has 1 fully saturated rings. The molecule has 1 atom stereocenters. The number of halogens is 1. The number of fused-ring (bicyclic) bond motifs is 1. The van der Waals surface area contributed by atoms with Crippen LogP contribution in [0.15, 0.2) is 51.9 Å². The molecular formula is C23H23ClN2O3. The monoisotopic (exact) mass is 410 g/mol. The Kier molecular flexibility index (Phi) is 5.69. The zero-order valence-corrected chi connectivity index (χ0v) is 17.3. The van der Waals surface area contributed by atoms with Crippen LogP contribution in [0, 0.1) is 13.8 Å². The van der Waals surface area contributed by atoms with E-state index >= 15 is 0 Å². The Balaban J connectivity index is 1.76. The Hall–Kier alpha value is -2.63. The topological polar surface area (TPSA) is 63.8 Å². The van der Waals surface area contributed by atoms with Gasteiger partial charge < -0.3 is 14.5 Å². The fourth-order valence-electron chi connectivity index (χ4n) is 3.37. The molecule has 0 radical (unpaired) electrons. The Morgan fingerprint density at radius 1 is 1.17 bits per heavy atom. The van der Waals surface area contributed by atoms with Gasteiger partial charge in [0.1, 0.15) is 11.1 Å². The number of rotatable bonds is 4. The van der Waals surface area contributed by atoms with Crippen molar-refractivity contribution in [3.05, 3.63) is 69.7 Å². The molecule has 5 nitrogen and oxygen atoms in total. The predicted octanol–water partition coefficient (Wildman–Crippen LogP) is 4.84. The van der Waals surface area contributed by atoms with Crippen molar-refractivity contribution in [2.75, 3.05) is 13.2 Å². The third-order valence-corrected chi connectivity index (χ3v) is 5.42. The standard InChI is InChI=1S/C23H23ClN2O3/c1-14-5-7-18(10-15(14)2)26-23-20(22(27)25-13-19-4-3-9-28-19)12-16-11-17(24)6-8-21(16)29-23/h5-8,10-12,19H,3-4,9,13H2,1-2H3,(H,25,27)/t19-/m0/s1. The first-order chi connectivity index (χ1) is 14.0. The van der Waals surface area contributed by atoms with Gasteiger partial charge in [-0.25, -0.2) is 4.99 Å². The molecule has 0 aliphatic carbocycles. The lowest BCUT2D eigenvalue weighted by Gasteiger charge is -2.11. The number of benzene rings is 2. The average molecular weight is 411 g/mol. The van der Waals surface area contributed by atoms with Crippen molar-refractivity contribution >= 4 is 34.2 Å². The molecule has 2 heterocycles. The highest BCUT2D eigenvalue weighted by atomic mass is 35.5. The van der Waals surface area contributed by atoms with Gasteiger partial charge >= 0.3 is 0 Å². The third kappa shape index (κ3) is 4.52. The number of nitrogens with one attached hydrogen (secondary N) is 1. The summed E-state index contributed by atoms with van der Waals surface area (Å²) in [5.41, 5.74) is 4.31. The van der Waals surface area contributed by atoms with Gasteiger partial charge in [-0.2, -0.15) is 0 Å². The molecule has 0 saturated carbocycles. The summed E-state index contributed by atoms with van der Waals surface area (Å²) in [6.45, 7) is 5.30. The van der Waals surface area contributed by atoms with Gasteiger partial charge in [-0.3, -0.25) is 4.79 Å². The summed E-state index contributed by atoms with van der Waals surface area (Å²) in [5.74, 6) is -0.242. The minimum absolute atomic E-state index is 0.0610. The minimum atomic E-state index is -0.242. The van der Waals surface area contributed by atoms with E-state index < -0.39 is 0 Å². The first kappa shape index (κ1) is 19.7. The van der Waals surface area contributed by atoms with Gasteiger partial charge in [-0.05, 0) is 74.2 Å². The van der Waals surface area contributed by atoms with Crippen LogP contribution in [0.4, 0.5) is 5.69 Å². The Morgan fingerprint density at radius 2 is 2.03 bits per heavy atom. The fraction of sp³-hybridized carbons (Fsp3) is 0.304. The van der Waals surface area contributed by atoms with Crippen LogP contribution < -0.4 is 10.9 Å². The van der Waals surface area contributed by atoms with Gasteiger partial charge in [0, 0.05) is 23.6 Å². The number of carbonyl (C=O) groups is 1. The van der Waals surface area contributed by atoms with Gasteiger partial charge in [0.15, 0.2) is 0 Å². The molecule has 1 aromatic heterocycles. The maximum atomic E-state index is 12.9. The van der Waals surface area contributed by atoms with Crippen molar-refractivity contribution in [2.24, 2.45) is 4.99 Å². The SMILES string of the molecule is Cc1ccc(N=c2oc3ccc(Cl)cc3cc2C(=O)NC[C@@H]2CCCO2)cc1C. The van der Waals surface area contributed by atoms with Crippen molar-refractivity contribution in [1.82, 2.24) is 5.32 Å². The Labute approximate surface area is 174 Å². The normalized spacial score (nSPS) is 17.1. The molecule has 0 unspecified atom stereocenters. The molecule has 150 valence electrons. The maximum Gasteiger partial charge on any atom is 0.256 e. The second-order valence-electron chi connectivity index (χ2n) is 7.37. The number of amides is 1. The molecule has 4 rings (SSSR count). The van der Waals surface area contributed by atoms with E-state index in [-0.39, 0.29) is 17.6 Å². The highest BCUT2D eigenvalue weighted by Gasteiger charge is 2.18. The van der Waals surface area contributed by atoms with Crippen LogP contribution in [0.5, 0.6) is 0 Å². The molecule has 1 aliphatic rings. The van der Waals surface area contributed by atoms with Crippen LogP contribution in [0.25, 0.3) is 11.0 Å². The molecule has 1 amide bonds.